The molecule has 12 heteroatoms. The van der Waals surface area contributed by atoms with Crippen molar-refractivity contribution >= 4 is 46.2 Å². The number of rotatable bonds is 7. The first-order valence-corrected chi connectivity index (χ1v) is 10.8. The van der Waals surface area contributed by atoms with E-state index in [4.69, 9.17) is 10.8 Å². The zero-order valence-corrected chi connectivity index (χ0v) is 18.5. The lowest BCUT2D eigenvalue weighted by Crippen LogP contribution is -2.33. The number of thiophene rings is 1. The molecule has 0 saturated heterocycles. The molecule has 2 atom stereocenters. The van der Waals surface area contributed by atoms with Crippen molar-refractivity contribution in [3.05, 3.63) is 79.4 Å². The number of nitrogen functional groups attached to an aromatic ring is 1. The van der Waals surface area contributed by atoms with Crippen LogP contribution in [0.4, 0.5) is 5.95 Å². The molecule has 34 heavy (non-hydrogen) atoms. The van der Waals surface area contributed by atoms with Gasteiger partial charge in [-0.1, -0.05) is 19.1 Å². The normalized spacial score (nSPS) is 12.9. The zero-order valence-electron chi connectivity index (χ0n) is 17.7. The Morgan fingerprint density at radius 1 is 1.12 bits per heavy atom. The van der Waals surface area contributed by atoms with Crippen LogP contribution in [0.2, 0.25) is 0 Å². The summed E-state index contributed by atoms with van der Waals surface area (Å²) in [5, 5.41) is 21.4. The lowest BCUT2D eigenvalue weighted by molar-refractivity contribution is -0.139. The molecule has 0 aliphatic heterocycles. The fraction of sp³-hybridized carbons (Fsp3) is 0.136. The van der Waals surface area contributed by atoms with Crippen LogP contribution in [0.15, 0.2) is 47.4 Å². The van der Waals surface area contributed by atoms with E-state index in [1.165, 1.54) is 35.6 Å². The van der Waals surface area contributed by atoms with Crippen LogP contribution in [0, 0.1) is 0 Å². The van der Waals surface area contributed by atoms with Crippen molar-refractivity contribution in [3.63, 3.8) is 0 Å². The number of H-pyrrole nitrogens is 2. The Morgan fingerprint density at radius 2 is 1.82 bits per heavy atom. The Morgan fingerprint density at radius 3 is 2.47 bits per heavy atom. The number of aromatic nitrogens is 3. The average Bonchev–Trinajstić information content (AvgIpc) is 3.44. The first kappa shape index (κ1) is 22.7. The molecule has 0 spiro atoms. The van der Waals surface area contributed by atoms with Crippen LogP contribution < -0.4 is 16.6 Å². The highest BCUT2D eigenvalue weighted by atomic mass is 32.1. The number of aromatic carboxylic acids is 1. The second-order valence-corrected chi connectivity index (χ2v) is 8.63. The summed E-state index contributed by atoms with van der Waals surface area (Å²) in [7, 11) is 0. The van der Waals surface area contributed by atoms with Gasteiger partial charge < -0.3 is 26.2 Å². The van der Waals surface area contributed by atoms with Gasteiger partial charge in [0.15, 0.2) is 6.04 Å². The fourth-order valence-electron chi connectivity index (χ4n) is 3.59. The molecule has 3 aromatic heterocycles. The molecule has 0 aliphatic rings. The lowest BCUT2D eigenvalue weighted by atomic mass is 10.0. The number of carboxylic acid groups (broad SMARTS) is 2. The van der Waals surface area contributed by atoms with E-state index in [9.17, 15) is 24.3 Å². The van der Waals surface area contributed by atoms with Crippen molar-refractivity contribution in [2.75, 3.05) is 5.73 Å². The van der Waals surface area contributed by atoms with Crippen LogP contribution in [0.5, 0.6) is 0 Å². The summed E-state index contributed by atoms with van der Waals surface area (Å²) < 4.78 is 0. The van der Waals surface area contributed by atoms with Gasteiger partial charge in [-0.25, -0.2) is 9.59 Å². The first-order chi connectivity index (χ1) is 16.2. The van der Waals surface area contributed by atoms with E-state index in [1.807, 2.05) is 6.92 Å². The van der Waals surface area contributed by atoms with Crippen LogP contribution in [0.3, 0.4) is 0 Å². The molecular formula is C22H19N5O6S. The third-order valence-electron chi connectivity index (χ3n) is 5.35. The number of aromatic amines is 2. The summed E-state index contributed by atoms with van der Waals surface area (Å²) in [6.45, 7) is 1.87. The van der Waals surface area contributed by atoms with E-state index in [-0.39, 0.29) is 33.4 Å². The van der Waals surface area contributed by atoms with Gasteiger partial charge in [0, 0.05) is 17.0 Å². The second kappa shape index (κ2) is 8.83. The van der Waals surface area contributed by atoms with Crippen molar-refractivity contribution in [1.29, 1.82) is 0 Å². The molecule has 2 unspecified atom stereocenters. The Kier molecular flexibility index (Phi) is 5.90. The number of carboxylic acids is 2. The summed E-state index contributed by atoms with van der Waals surface area (Å²) >= 11 is 1.17. The molecule has 0 bridgehead atoms. The molecule has 11 nitrogen and oxygen atoms in total. The number of hydrogen-bond acceptors (Lipinski definition) is 7. The smallest absolute Gasteiger partial charge is 0.335 e. The Labute approximate surface area is 195 Å². The summed E-state index contributed by atoms with van der Waals surface area (Å²) in [6, 6.07) is 7.20. The van der Waals surface area contributed by atoms with Gasteiger partial charge in [0.05, 0.1) is 15.8 Å². The predicted molar refractivity (Wildman–Crippen MR) is 124 cm³/mol. The van der Waals surface area contributed by atoms with Crippen molar-refractivity contribution in [1.82, 2.24) is 20.3 Å². The first-order valence-electron chi connectivity index (χ1n) is 9.99. The van der Waals surface area contributed by atoms with Gasteiger partial charge in [0.25, 0.3) is 11.5 Å². The Hall–Kier alpha value is -4.45. The van der Waals surface area contributed by atoms with E-state index < -0.39 is 23.9 Å². The second-order valence-electron chi connectivity index (χ2n) is 7.51. The molecule has 7 N–H and O–H groups in total. The predicted octanol–water partition coefficient (Wildman–Crippen LogP) is 2.30. The minimum Gasteiger partial charge on any atom is -0.479 e. The van der Waals surface area contributed by atoms with Crippen molar-refractivity contribution in [3.8, 4) is 0 Å². The highest BCUT2D eigenvalue weighted by molar-refractivity contribution is 7.14. The van der Waals surface area contributed by atoms with Crippen molar-refractivity contribution in [2.24, 2.45) is 0 Å². The lowest BCUT2D eigenvalue weighted by Gasteiger charge is -2.14. The highest BCUT2D eigenvalue weighted by Gasteiger charge is 2.25. The average molecular weight is 481 g/mol. The molecule has 1 aromatic carbocycles. The van der Waals surface area contributed by atoms with Gasteiger partial charge in [-0.15, -0.1) is 11.3 Å². The van der Waals surface area contributed by atoms with Crippen LogP contribution in [0.1, 0.15) is 54.9 Å². The minimum atomic E-state index is -1.36. The SMILES string of the molecule is CC(c1ccc(C(=O)NC(C(=O)O)c2ccc(C(=O)O)cc2)s1)c1c[nH]c2nc(N)[nH]c(=O)c12. The number of nitrogens with two attached hydrogens (primary N) is 1. The quantitative estimate of drug-likeness (QED) is 0.231. The number of nitrogens with zero attached hydrogens (tertiary/aromatic N) is 1. The summed E-state index contributed by atoms with van der Waals surface area (Å²) in [4.78, 5) is 58.5. The molecule has 0 saturated carbocycles. The van der Waals surface area contributed by atoms with Gasteiger partial charge in [-0.2, -0.15) is 4.98 Å². The molecule has 4 aromatic rings. The molecule has 0 aliphatic carbocycles. The summed E-state index contributed by atoms with van der Waals surface area (Å²) in [6.07, 6.45) is 1.66. The standard InChI is InChI=1S/C22H19N5O6S/c1-9(12-8-24-17-15(12)19(29)27-22(23)26-17)13-6-7-14(34-13)18(28)25-16(21(32)33)10-2-4-11(5-3-10)20(30)31/h2-9,16H,1H3,(H,25,28)(H,30,31)(H,32,33)(H4,23,24,26,27,29). The zero-order chi connectivity index (χ0) is 24.6. The Balaban J connectivity index is 1.56. The molecular weight excluding hydrogens is 462 g/mol. The van der Waals surface area contributed by atoms with Crippen LogP contribution in [-0.2, 0) is 4.79 Å². The van der Waals surface area contributed by atoms with E-state index in [0.717, 1.165) is 4.88 Å². The summed E-state index contributed by atoms with van der Waals surface area (Å²) in [5.74, 6) is -3.28. The highest BCUT2D eigenvalue weighted by Crippen LogP contribution is 2.33. The molecule has 0 fully saturated rings. The molecule has 0 radical (unpaired) electrons. The van der Waals surface area contributed by atoms with E-state index in [0.29, 0.717) is 16.6 Å². The molecule has 1 amide bonds. The third kappa shape index (κ3) is 4.26. The minimum absolute atomic E-state index is 0.000723. The maximum Gasteiger partial charge on any atom is 0.335 e. The molecule has 4 rings (SSSR count). The number of fused-ring (bicyclic) bond motifs is 1. The number of carbonyl (C=O) groups is 3. The van der Waals surface area contributed by atoms with Crippen molar-refractivity contribution in [2.45, 2.75) is 18.9 Å². The summed E-state index contributed by atoms with van der Waals surface area (Å²) in [5.41, 5.74) is 6.49. The van der Waals surface area contributed by atoms with E-state index in [1.54, 1.807) is 18.3 Å². The number of carbonyl (C=O) groups excluding carboxylic acids is 1. The maximum atomic E-state index is 12.8. The number of amides is 1. The van der Waals surface area contributed by atoms with E-state index >= 15 is 0 Å². The number of benzene rings is 1. The monoisotopic (exact) mass is 481 g/mol. The number of anilines is 1. The van der Waals surface area contributed by atoms with Crippen LogP contribution in [0.25, 0.3) is 11.0 Å². The van der Waals surface area contributed by atoms with Gasteiger partial charge in [0.2, 0.25) is 5.95 Å². The third-order valence-corrected chi connectivity index (χ3v) is 6.61. The molecule has 174 valence electrons. The number of nitrogens with one attached hydrogen (secondary N) is 3. The van der Waals surface area contributed by atoms with Crippen molar-refractivity contribution < 1.29 is 24.6 Å². The number of hydrogen-bond donors (Lipinski definition) is 6. The fourth-order valence-corrected chi connectivity index (χ4v) is 4.57. The largest absolute Gasteiger partial charge is 0.479 e. The maximum absolute atomic E-state index is 12.8. The van der Waals surface area contributed by atoms with Crippen LogP contribution >= 0.6 is 11.3 Å². The number of aliphatic carboxylic acids is 1. The van der Waals surface area contributed by atoms with Crippen LogP contribution in [-0.4, -0.2) is 43.0 Å². The molecule has 3 heterocycles. The van der Waals surface area contributed by atoms with Gasteiger partial charge in [-0.3, -0.25) is 14.6 Å². The Bertz CT molecular complexity index is 1470. The topological polar surface area (TPSA) is 191 Å². The van der Waals surface area contributed by atoms with Gasteiger partial charge >= 0.3 is 11.9 Å². The van der Waals surface area contributed by atoms with Gasteiger partial charge in [0.1, 0.15) is 5.65 Å². The van der Waals surface area contributed by atoms with Gasteiger partial charge in [-0.05, 0) is 35.4 Å². The van der Waals surface area contributed by atoms with E-state index in [2.05, 4.69) is 20.3 Å².